The molecule has 0 aliphatic carbocycles. The van der Waals surface area contributed by atoms with Gasteiger partial charge in [0.05, 0.1) is 0 Å². The Kier molecular flexibility index (Phi) is 4.89. The highest BCUT2D eigenvalue weighted by molar-refractivity contribution is 5.92. The van der Waals surface area contributed by atoms with E-state index in [1.54, 1.807) is 18.3 Å². The fourth-order valence-corrected chi connectivity index (χ4v) is 4.08. The molecule has 1 aliphatic heterocycles. The summed E-state index contributed by atoms with van der Waals surface area (Å²) in [7, 11) is 1.85. The molecule has 0 amide bonds. The van der Waals surface area contributed by atoms with E-state index in [0.717, 1.165) is 18.8 Å². The van der Waals surface area contributed by atoms with Crippen molar-refractivity contribution in [3.63, 3.8) is 0 Å². The SMILES string of the molecule is Cc1cc(Nc2nccc(N(C)c3n[nH]c4c(F)cccc34)n2)cc(N2CCCC2)c1. The number of fused-ring (bicyclic) bond motifs is 1. The van der Waals surface area contributed by atoms with Gasteiger partial charge < -0.3 is 15.1 Å². The highest BCUT2D eigenvalue weighted by atomic mass is 19.1. The third-order valence-corrected chi connectivity index (χ3v) is 5.62. The number of aromatic amines is 1. The summed E-state index contributed by atoms with van der Waals surface area (Å²) in [6.45, 7) is 4.29. The van der Waals surface area contributed by atoms with Crippen LogP contribution in [0.15, 0.2) is 48.7 Å². The predicted octanol–water partition coefficient (Wildman–Crippen LogP) is 4.91. The van der Waals surface area contributed by atoms with Gasteiger partial charge in [0.15, 0.2) is 5.82 Å². The highest BCUT2D eigenvalue weighted by Crippen LogP contribution is 2.30. The fourth-order valence-electron chi connectivity index (χ4n) is 4.08. The van der Waals surface area contributed by atoms with Gasteiger partial charge in [-0.2, -0.15) is 10.1 Å². The maximum atomic E-state index is 14.0. The number of nitrogens with one attached hydrogen (secondary N) is 2. The molecule has 4 aromatic rings. The van der Waals surface area contributed by atoms with Crippen molar-refractivity contribution in [3.8, 4) is 0 Å². The molecule has 0 radical (unpaired) electrons. The lowest BCUT2D eigenvalue weighted by molar-refractivity contribution is 0.636. The summed E-state index contributed by atoms with van der Waals surface area (Å²) in [5.74, 6) is 1.42. The molecular weight excluding hydrogens is 393 g/mol. The minimum atomic E-state index is -0.331. The first-order valence-electron chi connectivity index (χ1n) is 10.4. The van der Waals surface area contributed by atoms with Gasteiger partial charge in [0.2, 0.25) is 5.95 Å². The van der Waals surface area contributed by atoms with Crippen LogP contribution in [0.1, 0.15) is 18.4 Å². The Hall–Kier alpha value is -3.68. The summed E-state index contributed by atoms with van der Waals surface area (Å²) in [4.78, 5) is 13.3. The lowest BCUT2D eigenvalue weighted by atomic mass is 10.2. The fraction of sp³-hybridized carbons (Fsp3) is 0.261. The van der Waals surface area contributed by atoms with Crippen molar-refractivity contribution in [2.75, 3.05) is 35.3 Å². The summed E-state index contributed by atoms with van der Waals surface area (Å²) in [5.41, 5.74) is 3.74. The number of nitrogens with zero attached hydrogens (tertiary/aromatic N) is 5. The highest BCUT2D eigenvalue weighted by Gasteiger charge is 2.16. The number of hydrogen-bond donors (Lipinski definition) is 2. The Bertz CT molecular complexity index is 1230. The van der Waals surface area contributed by atoms with Crippen molar-refractivity contribution >= 4 is 39.9 Å². The number of rotatable bonds is 5. The predicted molar refractivity (Wildman–Crippen MR) is 122 cm³/mol. The summed E-state index contributed by atoms with van der Waals surface area (Å²) in [6.07, 6.45) is 4.17. The van der Waals surface area contributed by atoms with Crippen molar-refractivity contribution in [1.82, 2.24) is 20.2 Å². The van der Waals surface area contributed by atoms with Crippen LogP contribution in [0.3, 0.4) is 0 Å². The maximum absolute atomic E-state index is 14.0. The molecule has 1 saturated heterocycles. The van der Waals surface area contributed by atoms with Crippen LogP contribution in [0, 0.1) is 12.7 Å². The Balaban J connectivity index is 1.42. The van der Waals surface area contributed by atoms with E-state index in [2.05, 4.69) is 55.5 Å². The van der Waals surface area contributed by atoms with Gasteiger partial charge in [0.1, 0.15) is 17.2 Å². The topological polar surface area (TPSA) is 73.0 Å². The lowest BCUT2D eigenvalue weighted by Gasteiger charge is -2.20. The number of H-pyrrole nitrogens is 1. The molecular formula is C23H24FN7. The van der Waals surface area contributed by atoms with Crippen molar-refractivity contribution in [3.05, 3.63) is 60.0 Å². The summed E-state index contributed by atoms with van der Waals surface area (Å²) in [6, 6.07) is 13.2. The minimum absolute atomic E-state index is 0.331. The Labute approximate surface area is 179 Å². The zero-order valence-electron chi connectivity index (χ0n) is 17.6. The molecule has 0 unspecified atom stereocenters. The van der Waals surface area contributed by atoms with Crippen LogP contribution in [-0.2, 0) is 0 Å². The molecule has 31 heavy (non-hydrogen) atoms. The molecule has 1 aliphatic rings. The summed E-state index contributed by atoms with van der Waals surface area (Å²) >= 11 is 0. The standard InChI is InChI=1S/C23H24FN7/c1-15-12-16(14-17(13-15)31-10-3-4-11-31)26-23-25-9-8-20(27-23)30(2)22-18-6-5-7-19(24)21(18)28-29-22/h5-9,12-14H,3-4,10-11H2,1-2H3,(H,28,29)(H,25,26,27). The van der Waals surface area contributed by atoms with Gasteiger partial charge in [-0.3, -0.25) is 5.10 Å². The van der Waals surface area contributed by atoms with Crippen LogP contribution in [0.25, 0.3) is 10.9 Å². The molecule has 2 aromatic heterocycles. The molecule has 2 aromatic carbocycles. The van der Waals surface area contributed by atoms with Crippen LogP contribution in [0.4, 0.5) is 33.3 Å². The van der Waals surface area contributed by atoms with Crippen molar-refractivity contribution in [1.29, 1.82) is 0 Å². The molecule has 5 rings (SSSR count). The van der Waals surface area contributed by atoms with Gasteiger partial charge in [0.25, 0.3) is 0 Å². The molecule has 0 atom stereocenters. The first kappa shape index (κ1) is 19.3. The molecule has 7 nitrogen and oxygen atoms in total. The number of anilines is 5. The van der Waals surface area contributed by atoms with Gasteiger partial charge in [-0.25, -0.2) is 9.37 Å². The van der Waals surface area contributed by atoms with E-state index in [9.17, 15) is 4.39 Å². The molecule has 0 spiro atoms. The molecule has 2 N–H and O–H groups in total. The lowest BCUT2D eigenvalue weighted by Crippen LogP contribution is -2.17. The average Bonchev–Trinajstić information content (AvgIpc) is 3.44. The van der Waals surface area contributed by atoms with Crippen LogP contribution in [0.2, 0.25) is 0 Å². The number of hydrogen-bond acceptors (Lipinski definition) is 6. The van der Waals surface area contributed by atoms with Gasteiger partial charge in [-0.15, -0.1) is 0 Å². The van der Waals surface area contributed by atoms with E-state index >= 15 is 0 Å². The number of aromatic nitrogens is 4. The summed E-state index contributed by atoms with van der Waals surface area (Å²) in [5, 5.41) is 11.1. The maximum Gasteiger partial charge on any atom is 0.229 e. The van der Waals surface area contributed by atoms with Gasteiger partial charge >= 0.3 is 0 Å². The number of benzene rings is 2. The number of para-hydroxylation sites is 1. The van der Waals surface area contributed by atoms with E-state index in [1.807, 2.05) is 18.0 Å². The van der Waals surface area contributed by atoms with Crippen molar-refractivity contribution in [2.24, 2.45) is 0 Å². The van der Waals surface area contributed by atoms with E-state index < -0.39 is 0 Å². The molecule has 158 valence electrons. The second-order valence-electron chi connectivity index (χ2n) is 7.88. The van der Waals surface area contributed by atoms with Crippen LogP contribution < -0.4 is 15.1 Å². The van der Waals surface area contributed by atoms with Crippen LogP contribution in [0.5, 0.6) is 0 Å². The minimum Gasteiger partial charge on any atom is -0.371 e. The smallest absolute Gasteiger partial charge is 0.229 e. The third-order valence-electron chi connectivity index (χ3n) is 5.62. The molecule has 3 heterocycles. The Morgan fingerprint density at radius 3 is 2.81 bits per heavy atom. The number of halogens is 1. The normalized spacial score (nSPS) is 13.7. The zero-order chi connectivity index (χ0) is 21.4. The number of aryl methyl sites for hydroxylation is 1. The van der Waals surface area contributed by atoms with Crippen molar-refractivity contribution < 1.29 is 4.39 Å². The Morgan fingerprint density at radius 2 is 1.97 bits per heavy atom. The third kappa shape index (κ3) is 3.76. The van der Waals surface area contributed by atoms with E-state index in [1.165, 1.54) is 30.2 Å². The van der Waals surface area contributed by atoms with Crippen LogP contribution in [-0.4, -0.2) is 40.3 Å². The molecule has 0 saturated carbocycles. The van der Waals surface area contributed by atoms with E-state index in [0.29, 0.717) is 28.5 Å². The second kappa shape index (κ2) is 7.86. The zero-order valence-corrected chi connectivity index (χ0v) is 17.6. The molecule has 0 bridgehead atoms. The van der Waals surface area contributed by atoms with Crippen molar-refractivity contribution in [2.45, 2.75) is 19.8 Å². The second-order valence-corrected chi connectivity index (χ2v) is 7.88. The first-order valence-corrected chi connectivity index (χ1v) is 10.4. The quantitative estimate of drug-likeness (QED) is 0.481. The van der Waals surface area contributed by atoms with Gasteiger partial charge in [0, 0.05) is 43.1 Å². The largest absolute Gasteiger partial charge is 0.371 e. The molecule has 8 heteroatoms. The van der Waals surface area contributed by atoms with Gasteiger partial charge in [-0.05, 0) is 61.7 Å². The monoisotopic (exact) mass is 417 g/mol. The Morgan fingerprint density at radius 1 is 1.13 bits per heavy atom. The average molecular weight is 417 g/mol. The van der Waals surface area contributed by atoms with Crippen LogP contribution >= 0.6 is 0 Å². The first-order chi connectivity index (χ1) is 15.1. The van der Waals surface area contributed by atoms with Gasteiger partial charge in [-0.1, -0.05) is 6.07 Å². The van der Waals surface area contributed by atoms with E-state index in [-0.39, 0.29) is 5.82 Å². The van der Waals surface area contributed by atoms with E-state index in [4.69, 9.17) is 0 Å². The summed E-state index contributed by atoms with van der Waals surface area (Å²) < 4.78 is 14.0. The molecule has 1 fully saturated rings.